The Balaban J connectivity index is 1.89. The third-order valence-electron chi connectivity index (χ3n) is 4.85. The minimum Gasteiger partial charge on any atom is -0.449 e. The fourth-order valence-electron chi connectivity index (χ4n) is 3.22. The molecule has 6 nitrogen and oxygen atoms in total. The zero-order valence-corrected chi connectivity index (χ0v) is 17.9. The van der Waals surface area contributed by atoms with Gasteiger partial charge in [-0.15, -0.1) is 0 Å². The number of nitrogens with one attached hydrogen (secondary N) is 2. The van der Waals surface area contributed by atoms with Gasteiger partial charge in [0.2, 0.25) is 0 Å². The largest absolute Gasteiger partial charge is 0.449 e. The van der Waals surface area contributed by atoms with Crippen LogP contribution in [0.2, 0.25) is 0 Å². The summed E-state index contributed by atoms with van der Waals surface area (Å²) in [5, 5.41) is 6.39. The number of ether oxygens (including phenoxy) is 1. The molecule has 7 heteroatoms. The first-order chi connectivity index (χ1) is 14.1. The number of carbonyl (C=O) groups excluding carboxylic acids is 2. The quantitative estimate of drug-likeness (QED) is 0.497. The van der Waals surface area contributed by atoms with Crippen LogP contribution in [0.1, 0.15) is 33.6 Å². The molecule has 29 heavy (non-hydrogen) atoms. The van der Waals surface area contributed by atoms with Crippen LogP contribution in [0.4, 0.5) is 27.5 Å². The number of hydrogen-bond donors (Lipinski definition) is 2. The van der Waals surface area contributed by atoms with E-state index in [0.717, 1.165) is 39.9 Å². The lowest BCUT2D eigenvalue weighted by molar-refractivity contribution is -0.119. The molecular formula is C22H27N3O3S. The molecule has 1 amide bonds. The minimum atomic E-state index is -0.554. The van der Waals surface area contributed by atoms with Gasteiger partial charge in [0, 0.05) is 35.7 Å². The highest BCUT2D eigenvalue weighted by atomic mass is 32.2. The molecule has 0 saturated carbocycles. The van der Waals surface area contributed by atoms with Gasteiger partial charge < -0.3 is 15.0 Å². The third kappa shape index (κ3) is 4.85. The lowest BCUT2D eigenvalue weighted by Gasteiger charge is -2.29. The number of fused-ring (bicyclic) bond motifs is 2. The minimum absolute atomic E-state index is 0.0772. The van der Waals surface area contributed by atoms with Crippen LogP contribution in [0.3, 0.4) is 0 Å². The second-order valence-corrected chi connectivity index (χ2v) is 7.72. The first-order valence-corrected chi connectivity index (χ1v) is 10.8. The number of Topliss-reactive ketones (excluding diaryl/α,β-unsaturated/α-hetero) is 1. The molecule has 0 spiro atoms. The number of nitrogens with zero attached hydrogens (tertiary/aromatic N) is 1. The maximum absolute atomic E-state index is 12.5. The van der Waals surface area contributed by atoms with Crippen molar-refractivity contribution in [1.29, 1.82) is 0 Å². The maximum Gasteiger partial charge on any atom is 0.411 e. The summed E-state index contributed by atoms with van der Waals surface area (Å²) in [7, 11) is 0. The average Bonchev–Trinajstić information content (AvgIpc) is 2.74. The van der Waals surface area contributed by atoms with E-state index in [9.17, 15) is 9.59 Å². The number of hydrogen-bond acceptors (Lipinski definition) is 6. The molecular weight excluding hydrogens is 386 g/mol. The van der Waals surface area contributed by atoms with Gasteiger partial charge in [-0.25, -0.2) is 4.79 Å². The molecule has 2 aromatic carbocycles. The zero-order valence-electron chi connectivity index (χ0n) is 17.1. The number of para-hydroxylation sites is 1. The Kier molecular flexibility index (Phi) is 7.04. The van der Waals surface area contributed by atoms with Gasteiger partial charge in [-0.2, -0.15) is 0 Å². The van der Waals surface area contributed by atoms with E-state index in [-0.39, 0.29) is 18.8 Å². The van der Waals surface area contributed by atoms with E-state index in [1.54, 1.807) is 18.7 Å². The summed E-state index contributed by atoms with van der Waals surface area (Å²) in [4.78, 5) is 28.3. The van der Waals surface area contributed by atoms with Gasteiger partial charge >= 0.3 is 6.09 Å². The van der Waals surface area contributed by atoms with Crippen molar-refractivity contribution in [3.63, 3.8) is 0 Å². The lowest BCUT2D eigenvalue weighted by Crippen LogP contribution is -2.25. The van der Waals surface area contributed by atoms with Crippen LogP contribution in [0.15, 0.2) is 46.2 Å². The molecule has 0 unspecified atom stereocenters. The first-order valence-electron chi connectivity index (χ1n) is 9.98. The van der Waals surface area contributed by atoms with Crippen molar-refractivity contribution in [1.82, 2.24) is 0 Å². The Morgan fingerprint density at radius 1 is 1.07 bits per heavy atom. The Hall–Kier alpha value is -2.67. The van der Waals surface area contributed by atoms with Crippen molar-refractivity contribution >= 4 is 46.4 Å². The van der Waals surface area contributed by atoms with Crippen molar-refractivity contribution < 1.29 is 14.3 Å². The number of amides is 1. The summed E-state index contributed by atoms with van der Waals surface area (Å²) >= 11 is 1.67. The maximum atomic E-state index is 12.5. The Labute approximate surface area is 176 Å². The molecule has 1 heterocycles. The topological polar surface area (TPSA) is 70.7 Å². The fourth-order valence-corrected chi connectivity index (χ4v) is 4.22. The van der Waals surface area contributed by atoms with Gasteiger partial charge in [0.15, 0.2) is 0 Å². The summed E-state index contributed by atoms with van der Waals surface area (Å²) in [5.74, 6) is 0.0772. The molecule has 0 fully saturated rings. The zero-order chi connectivity index (χ0) is 20.8. The van der Waals surface area contributed by atoms with Crippen LogP contribution in [0.5, 0.6) is 0 Å². The number of benzene rings is 2. The van der Waals surface area contributed by atoms with Crippen molar-refractivity contribution in [3.8, 4) is 0 Å². The van der Waals surface area contributed by atoms with Crippen molar-refractivity contribution in [2.45, 2.75) is 43.4 Å². The molecule has 2 N–H and O–H groups in total. The van der Waals surface area contributed by atoms with E-state index >= 15 is 0 Å². The van der Waals surface area contributed by atoms with E-state index in [1.807, 2.05) is 24.3 Å². The van der Waals surface area contributed by atoms with Crippen LogP contribution >= 0.6 is 11.8 Å². The van der Waals surface area contributed by atoms with Crippen LogP contribution in [-0.4, -0.2) is 31.6 Å². The van der Waals surface area contributed by atoms with Crippen LogP contribution in [0.25, 0.3) is 0 Å². The van der Waals surface area contributed by atoms with Crippen LogP contribution in [-0.2, 0) is 9.53 Å². The van der Waals surface area contributed by atoms with Crippen LogP contribution in [0, 0.1) is 0 Å². The molecule has 3 rings (SSSR count). The summed E-state index contributed by atoms with van der Waals surface area (Å²) in [6.07, 6.45) is 0.131. The van der Waals surface area contributed by atoms with Crippen molar-refractivity contribution in [3.05, 3.63) is 36.4 Å². The Morgan fingerprint density at radius 2 is 1.83 bits per heavy atom. The first kappa shape index (κ1) is 21.0. The number of carbonyl (C=O) groups is 2. The summed E-state index contributed by atoms with van der Waals surface area (Å²) in [6, 6.07) is 12.2. The standard InChI is InChI=1S/C22H27N3O3S/c1-4-15(26)13-14-28-22(27)24-20-17(25(5-2)6-3)11-12-19-21(20)23-16-9-7-8-10-18(16)29-19/h7-12,23H,4-6,13-14H2,1-3H3,(H,24,27). The molecule has 0 atom stereocenters. The molecule has 0 radical (unpaired) electrons. The van der Waals surface area contributed by atoms with Crippen molar-refractivity contribution in [2.75, 3.05) is 35.2 Å². The van der Waals surface area contributed by atoms with Gasteiger partial charge in [-0.1, -0.05) is 30.8 Å². The smallest absolute Gasteiger partial charge is 0.411 e. The van der Waals surface area contributed by atoms with E-state index in [0.29, 0.717) is 12.1 Å². The van der Waals surface area contributed by atoms with E-state index in [1.165, 1.54) is 0 Å². The predicted octanol–water partition coefficient (Wildman–Crippen LogP) is 5.66. The summed E-state index contributed by atoms with van der Waals surface area (Å²) in [6.45, 7) is 7.68. The monoisotopic (exact) mass is 413 g/mol. The highest BCUT2D eigenvalue weighted by Gasteiger charge is 2.24. The molecule has 0 saturated heterocycles. The fraction of sp³-hybridized carbons (Fsp3) is 0.364. The van der Waals surface area contributed by atoms with E-state index in [4.69, 9.17) is 4.74 Å². The van der Waals surface area contributed by atoms with Gasteiger partial charge in [0.1, 0.15) is 12.4 Å². The molecule has 1 aliphatic rings. The van der Waals surface area contributed by atoms with Crippen LogP contribution < -0.4 is 15.5 Å². The average molecular weight is 414 g/mol. The van der Waals surface area contributed by atoms with Gasteiger partial charge in [-0.3, -0.25) is 10.1 Å². The molecule has 154 valence electrons. The van der Waals surface area contributed by atoms with Gasteiger partial charge in [0.05, 0.1) is 22.7 Å². The highest BCUT2D eigenvalue weighted by molar-refractivity contribution is 7.99. The molecule has 2 aromatic rings. The number of ketones is 1. The lowest BCUT2D eigenvalue weighted by atomic mass is 10.1. The normalized spacial score (nSPS) is 11.7. The summed E-state index contributed by atoms with van der Waals surface area (Å²) < 4.78 is 5.26. The molecule has 0 aliphatic carbocycles. The van der Waals surface area contributed by atoms with E-state index in [2.05, 4.69) is 41.5 Å². The van der Waals surface area contributed by atoms with Crippen molar-refractivity contribution in [2.24, 2.45) is 0 Å². The second-order valence-electron chi connectivity index (χ2n) is 6.63. The summed E-state index contributed by atoms with van der Waals surface area (Å²) in [5.41, 5.74) is 3.49. The second kappa shape index (κ2) is 9.69. The number of anilines is 4. The van der Waals surface area contributed by atoms with Gasteiger partial charge in [-0.05, 0) is 38.1 Å². The molecule has 0 bridgehead atoms. The molecule has 1 aliphatic heterocycles. The van der Waals surface area contributed by atoms with E-state index < -0.39 is 6.09 Å². The number of rotatable bonds is 8. The SMILES string of the molecule is CCC(=O)CCOC(=O)Nc1c(N(CC)CC)ccc2c1Nc1ccccc1S2. The predicted molar refractivity (Wildman–Crippen MR) is 119 cm³/mol. The third-order valence-corrected chi connectivity index (χ3v) is 5.99. The molecule has 0 aromatic heterocycles. The highest BCUT2D eigenvalue weighted by Crippen LogP contribution is 2.49. The Bertz CT molecular complexity index is 897. The van der Waals surface area contributed by atoms with Gasteiger partial charge in [0.25, 0.3) is 0 Å². The Morgan fingerprint density at radius 3 is 2.55 bits per heavy atom.